The number of nitrogens with zero attached hydrogens (tertiary/aromatic N) is 4. The topological polar surface area (TPSA) is 296 Å². The predicted octanol–water partition coefficient (Wildman–Crippen LogP) is 14.3. The quantitative estimate of drug-likeness (QED) is 0.0303. The smallest absolute Gasteiger partial charge is 0.323 e. The molecule has 4 aromatic carbocycles. The Kier molecular flexibility index (Phi) is 20.5. The van der Waals surface area contributed by atoms with Crippen molar-refractivity contribution in [1.82, 2.24) is 19.6 Å². The molecule has 0 aromatic heterocycles. The predicted molar refractivity (Wildman–Crippen MR) is 471 cm³/mol. The molecule has 0 spiro atoms. The minimum atomic E-state index is -3.18. The molecule has 8 heterocycles. The third kappa shape index (κ3) is 23.8. The van der Waals surface area contributed by atoms with Gasteiger partial charge < -0.3 is 79.8 Å². The van der Waals surface area contributed by atoms with Crippen molar-refractivity contribution in [3.05, 3.63) is 92.8 Å². The zero-order valence-electron chi connectivity index (χ0n) is 111. The summed E-state index contributed by atoms with van der Waals surface area (Å²) in [5.74, 6) is -20.0. The van der Waals surface area contributed by atoms with Gasteiger partial charge in [-0.25, -0.2) is 0 Å². The normalized spacial score (nSPS) is 38.0. The number of rotatable bonds is 28. The number of carbonyl (C=O) groups is 4. The molecule has 0 aliphatic carbocycles. The summed E-state index contributed by atoms with van der Waals surface area (Å²) in [6.45, 7) is 15.0. The van der Waals surface area contributed by atoms with Crippen LogP contribution >= 0.6 is 0 Å². The van der Waals surface area contributed by atoms with E-state index in [9.17, 15) is 41.1 Å². The number of fused-ring (bicyclic) bond motifs is 12. The van der Waals surface area contributed by atoms with Crippen molar-refractivity contribution in [2.75, 3.05) is 109 Å². The average molecular weight is 1710 g/mol. The van der Waals surface area contributed by atoms with Gasteiger partial charge in [0.2, 0.25) is 0 Å². The largest absolute Gasteiger partial charge is 0.493 e. The highest BCUT2D eigenvalue weighted by atomic mass is 16.6. The molecular formula is C96H152N8O16. The number of benzene rings is 4. The van der Waals surface area contributed by atoms with Crippen molar-refractivity contribution in [2.24, 2.45) is 93.9 Å². The van der Waals surface area contributed by atoms with E-state index in [2.05, 4.69) is 0 Å². The first-order valence-corrected chi connectivity index (χ1v) is 41.0. The number of hydrogen-bond acceptors (Lipinski definition) is 24. The van der Waals surface area contributed by atoms with Crippen LogP contribution in [0, 0.1) is 70.9 Å². The van der Waals surface area contributed by atoms with Crippen LogP contribution in [0.4, 0.5) is 0 Å². The third-order valence-electron chi connectivity index (χ3n) is 20.8. The Hall–Kier alpha value is -7.16. The van der Waals surface area contributed by atoms with Gasteiger partial charge in [-0.1, -0.05) is 111 Å². The molecule has 12 unspecified atom stereocenters. The molecule has 8 N–H and O–H groups in total. The average Bonchev–Trinajstić information content (AvgIpc) is 0.674. The highest BCUT2D eigenvalue weighted by Crippen LogP contribution is 2.50. The van der Waals surface area contributed by atoms with E-state index < -0.39 is 268 Å². The van der Waals surface area contributed by atoms with E-state index in [0.29, 0.717) is 0 Å². The molecule has 8 aliphatic rings. The molecule has 4 fully saturated rings. The summed E-state index contributed by atoms with van der Waals surface area (Å²) in [5, 5.41) is 0. The minimum absolute atomic E-state index is 0.00451. The van der Waals surface area contributed by atoms with E-state index in [0.717, 1.165) is 33.8 Å². The molecule has 12 rings (SSSR count). The Morgan fingerprint density at radius 2 is 0.600 bits per heavy atom. The maximum absolute atomic E-state index is 13.1. The molecule has 4 aromatic rings. The summed E-state index contributed by atoms with van der Waals surface area (Å²) in [6.07, 6.45) is -23.7. The first-order valence-electron chi connectivity index (χ1n) is 60.0. The Morgan fingerprint density at radius 1 is 0.358 bits per heavy atom. The maximum Gasteiger partial charge on any atom is 0.323 e. The third-order valence-corrected chi connectivity index (χ3v) is 20.8. The fourth-order valence-corrected chi connectivity index (χ4v) is 14.0. The molecule has 0 bridgehead atoms. The van der Waals surface area contributed by atoms with Crippen LogP contribution in [0.25, 0.3) is 0 Å². The van der Waals surface area contributed by atoms with E-state index in [1.807, 2.05) is 0 Å². The van der Waals surface area contributed by atoms with Crippen LogP contribution in [-0.2, 0) is 63.8 Å². The first-order chi connectivity index (χ1) is 71.7. The Balaban J connectivity index is 0.000000233. The molecule has 24 heteroatoms. The Bertz CT molecular complexity index is 5990. The Morgan fingerprint density at radius 3 is 0.875 bits per heavy atom. The van der Waals surface area contributed by atoms with Crippen LogP contribution in [0.1, 0.15) is 283 Å². The van der Waals surface area contributed by atoms with Gasteiger partial charge in [0.25, 0.3) is 0 Å². The standard InChI is InChI=1S/4C24H38N2O4/c4*1-14(2)9-17-13-26-8-7-16-10-21(28-5)22(29-6)11-18(16)19(26)12-20(17)30-24(27)23(25)15(3)4/h4*10-11,14-15,17,19-20,23H,7-9,12-13,25H2,1-6H3/t4*17?,19?,20?,23-/m0000/s1/i5D3,10D,11D,12D2,13D2,17D,20D;5D3,10D,11D,12D2,13D2,17D,19D;10D,11D,12D2,13D2,17D,20D;10D,11D,12D2,13D2,17D,19D. The zero-order chi connectivity index (χ0) is 122. The summed E-state index contributed by atoms with van der Waals surface area (Å²) in [5.41, 5.74) is 23.2. The number of methoxy groups -OCH3 is 8. The number of piperidine rings is 4. The van der Waals surface area contributed by atoms with Crippen molar-refractivity contribution < 1.29 is 128 Å². The molecule has 0 radical (unpaired) electrons. The van der Waals surface area contributed by atoms with Gasteiger partial charge in [-0.2, -0.15) is 0 Å². The number of ether oxygens (including phenoxy) is 12. The molecule has 24 nitrogen and oxygen atoms in total. The SMILES string of the molecule is [2H]c1c2c(c([2H])c(OC)c1OC([2H])([2H])[2H])C1([2H])N(CC2)C([2H])([2H])C([2H])(CC(C)C)C(OC(=O)[C@@H](N)C(C)C)C1([2H])[2H].[2H]c1c2c(c([2H])c(OC)c1OC([2H])([2H])[2H])C1N(CC2)C([2H])([2H])C([2H])(CC(C)C)C([2H])(OC(=O)[C@@H](N)C(C)C)C1([2H])[2H].[2H]c1c2c(c([2H])c(OC)c1OC)C1([2H])N(CC2)C([2H])([2H])C([2H])(CC(C)C)C(OC(=O)[C@@H](N)C(C)C)C1([2H])[2H].[2H]c1c2c(c([2H])c(OC)c1OC)C1N(CC2)C([2H])([2H])C([2H])(CC(C)C)C([2H])(OC(=O)[C@@H](N)C(C)C)C1([2H])[2H]. The van der Waals surface area contributed by atoms with E-state index in [1.54, 1.807) is 111 Å². The van der Waals surface area contributed by atoms with Gasteiger partial charge in [0.15, 0.2) is 46.0 Å². The number of hydrogen-bond donors (Lipinski definition) is 4. The monoisotopic (exact) mass is 1710 g/mol. The van der Waals surface area contributed by atoms with Gasteiger partial charge in [-0.15, -0.1) is 0 Å². The lowest BCUT2D eigenvalue weighted by molar-refractivity contribution is -0.161. The van der Waals surface area contributed by atoms with Crippen LogP contribution in [0.2, 0.25) is 0 Å². The molecule has 0 amide bonds. The zero-order valence-corrected chi connectivity index (χ0v) is 73.4. The van der Waals surface area contributed by atoms with Gasteiger partial charge >= 0.3 is 23.9 Å². The molecule has 0 saturated carbocycles. The van der Waals surface area contributed by atoms with Gasteiger partial charge in [-0.05, 0) is 192 Å². The maximum atomic E-state index is 13.1. The van der Waals surface area contributed by atoms with Gasteiger partial charge in [0, 0.05) is 153 Å². The van der Waals surface area contributed by atoms with Crippen molar-refractivity contribution >= 4 is 23.9 Å². The van der Waals surface area contributed by atoms with Gasteiger partial charge in [0.1, 0.15) is 48.5 Å². The lowest BCUT2D eigenvalue weighted by Gasteiger charge is -2.47. The summed E-state index contributed by atoms with van der Waals surface area (Å²) in [6, 6.07) is -17.2. The lowest BCUT2D eigenvalue weighted by Crippen LogP contribution is -2.51. The molecular weight excluding hydrogens is 1520 g/mol. The summed E-state index contributed by atoms with van der Waals surface area (Å²) < 4.78 is 402. The number of esters is 4. The highest BCUT2D eigenvalue weighted by molar-refractivity contribution is 5.77. The summed E-state index contributed by atoms with van der Waals surface area (Å²) in [4.78, 5) is 56.3. The van der Waals surface area contributed by atoms with Crippen LogP contribution in [0.3, 0.4) is 0 Å². The molecule has 8 aliphatic heterocycles. The van der Waals surface area contributed by atoms with Crippen LogP contribution in [0.15, 0.2) is 48.3 Å². The number of carbonyl (C=O) groups excluding carboxylic acids is 4. The fraction of sp³-hybridized carbons (Fsp3) is 0.708. The molecule has 4 saturated heterocycles. The van der Waals surface area contributed by atoms with Crippen molar-refractivity contribution in [1.29, 1.82) is 0 Å². The van der Waals surface area contributed by atoms with E-state index in [1.165, 1.54) is 28.4 Å². The molecule has 120 heavy (non-hydrogen) atoms. The minimum Gasteiger partial charge on any atom is -0.493 e. The van der Waals surface area contributed by atoms with Gasteiger partial charge in [-0.3, -0.25) is 38.8 Å². The van der Waals surface area contributed by atoms with Gasteiger partial charge in [0.05, 0.1) is 81.4 Å². The second-order valence-electron chi connectivity index (χ2n) is 33.4. The van der Waals surface area contributed by atoms with Crippen LogP contribution < -0.4 is 60.8 Å². The van der Waals surface area contributed by atoms with Crippen molar-refractivity contribution in [3.8, 4) is 46.0 Å². The molecule has 672 valence electrons. The van der Waals surface area contributed by atoms with Crippen molar-refractivity contribution in [2.45, 2.75) is 260 Å². The fourth-order valence-electron chi connectivity index (χ4n) is 14.0. The van der Waals surface area contributed by atoms with Crippen molar-refractivity contribution in [3.63, 3.8) is 0 Å². The molecule has 16 atom stereocenters. The van der Waals surface area contributed by atoms with Crippen LogP contribution in [-0.4, -0.2) is 201 Å². The Labute approximate surface area is 772 Å². The van der Waals surface area contributed by atoms with E-state index in [-0.39, 0.29) is 181 Å². The van der Waals surface area contributed by atoms with E-state index >= 15 is 0 Å². The highest BCUT2D eigenvalue weighted by Gasteiger charge is 2.47. The number of nitrogens with two attached hydrogens (primary N) is 4. The van der Waals surface area contributed by atoms with E-state index in [4.69, 9.17) is 110 Å². The first kappa shape index (κ1) is 55.9. The summed E-state index contributed by atoms with van der Waals surface area (Å²) >= 11 is 0. The lowest BCUT2D eigenvalue weighted by atomic mass is 9.79. The second-order valence-corrected chi connectivity index (χ2v) is 33.4. The second kappa shape index (κ2) is 43.9. The summed E-state index contributed by atoms with van der Waals surface area (Å²) in [7, 11) is 1.34. The van der Waals surface area contributed by atoms with Crippen LogP contribution in [0.5, 0.6) is 46.0 Å².